The molecule has 0 bridgehead atoms. The fourth-order valence-electron chi connectivity index (χ4n) is 1.98. The lowest BCUT2D eigenvalue weighted by atomic mass is 10.1. The molecule has 0 atom stereocenters. The summed E-state index contributed by atoms with van der Waals surface area (Å²) in [5, 5.41) is 11.8. The third-order valence-electron chi connectivity index (χ3n) is 3.16. The van der Waals surface area contributed by atoms with Gasteiger partial charge in [-0.2, -0.15) is 0 Å². The van der Waals surface area contributed by atoms with Gasteiger partial charge in [-0.1, -0.05) is 12.1 Å². The van der Waals surface area contributed by atoms with Gasteiger partial charge in [0.2, 0.25) is 5.75 Å². The summed E-state index contributed by atoms with van der Waals surface area (Å²) in [6, 6.07) is 7.31. The quantitative estimate of drug-likeness (QED) is 0.791. The number of aromatic hydroxyl groups is 1. The molecule has 0 aliphatic rings. The Labute approximate surface area is 133 Å². The third kappa shape index (κ3) is 4.11. The molecule has 0 spiro atoms. The smallest absolute Gasteiger partial charge is 0.200 e. The second-order valence-corrected chi connectivity index (χ2v) is 5.69. The molecule has 1 heterocycles. The van der Waals surface area contributed by atoms with Gasteiger partial charge in [0, 0.05) is 11.3 Å². The van der Waals surface area contributed by atoms with E-state index in [4.69, 9.17) is 9.47 Å². The molecule has 1 aromatic heterocycles. The average molecular weight is 318 g/mol. The van der Waals surface area contributed by atoms with Crippen molar-refractivity contribution in [1.29, 1.82) is 0 Å². The van der Waals surface area contributed by atoms with Gasteiger partial charge in [-0.25, -0.2) is 0 Å². The number of benzene rings is 1. The Morgan fingerprint density at radius 2 is 1.95 bits per heavy atom. The molecule has 22 heavy (non-hydrogen) atoms. The lowest BCUT2D eigenvalue weighted by molar-refractivity contribution is -0.114. The number of rotatable bonds is 7. The minimum atomic E-state index is -0.0498. The molecule has 0 aliphatic heterocycles. The number of hydrogen-bond donors (Lipinski definition) is 1. The van der Waals surface area contributed by atoms with E-state index >= 15 is 0 Å². The largest absolute Gasteiger partial charge is 0.502 e. The topological polar surface area (TPSA) is 55.8 Å². The van der Waals surface area contributed by atoms with Crippen LogP contribution < -0.4 is 9.47 Å². The van der Waals surface area contributed by atoms with Crippen molar-refractivity contribution < 1.29 is 19.4 Å². The first-order valence-corrected chi connectivity index (χ1v) is 7.70. The molecule has 2 rings (SSSR count). The van der Waals surface area contributed by atoms with Crippen molar-refractivity contribution in [2.75, 3.05) is 14.2 Å². The Morgan fingerprint density at radius 1 is 1.27 bits per heavy atom. The van der Waals surface area contributed by atoms with Gasteiger partial charge in [0.05, 0.1) is 14.2 Å². The molecule has 2 aromatic rings. The summed E-state index contributed by atoms with van der Waals surface area (Å²) in [6.07, 6.45) is 4.46. The Morgan fingerprint density at radius 3 is 2.50 bits per heavy atom. The molecular formula is C17H18O4S. The van der Waals surface area contributed by atoms with Crippen molar-refractivity contribution in [1.82, 2.24) is 0 Å². The summed E-state index contributed by atoms with van der Waals surface area (Å²) in [4.78, 5) is 13.1. The maximum Gasteiger partial charge on any atom is 0.200 e. The highest BCUT2D eigenvalue weighted by molar-refractivity contribution is 7.09. The highest BCUT2D eigenvalue weighted by atomic mass is 32.1. The first-order chi connectivity index (χ1) is 10.6. The van der Waals surface area contributed by atoms with Crippen LogP contribution in [0.2, 0.25) is 0 Å². The number of ketones is 1. The van der Waals surface area contributed by atoms with Crippen molar-refractivity contribution in [3.05, 3.63) is 46.2 Å². The lowest BCUT2D eigenvalue weighted by Crippen LogP contribution is -1.95. The molecule has 0 saturated carbocycles. The summed E-state index contributed by atoms with van der Waals surface area (Å²) >= 11 is 1.65. The Bertz CT molecular complexity index is 634. The maximum atomic E-state index is 11.9. The highest BCUT2D eigenvalue weighted by Gasteiger charge is 2.10. The van der Waals surface area contributed by atoms with Crippen LogP contribution in [0.1, 0.15) is 16.9 Å². The maximum absolute atomic E-state index is 11.9. The molecule has 1 aromatic carbocycles. The minimum absolute atomic E-state index is 0.0498. The molecule has 0 saturated heterocycles. The number of phenolic OH excluding ortho intramolecular Hbond substituents is 1. The van der Waals surface area contributed by atoms with E-state index in [9.17, 15) is 9.90 Å². The van der Waals surface area contributed by atoms with Crippen LogP contribution in [0.5, 0.6) is 17.2 Å². The van der Waals surface area contributed by atoms with Crippen molar-refractivity contribution >= 4 is 23.2 Å². The number of allylic oxidation sites excluding steroid dienone is 1. The van der Waals surface area contributed by atoms with Crippen LogP contribution >= 0.6 is 11.3 Å². The van der Waals surface area contributed by atoms with Crippen LogP contribution in [0.4, 0.5) is 0 Å². The van der Waals surface area contributed by atoms with Crippen molar-refractivity contribution in [2.24, 2.45) is 0 Å². The van der Waals surface area contributed by atoms with Crippen LogP contribution in [0.15, 0.2) is 35.7 Å². The number of ether oxygens (including phenoxy) is 2. The van der Waals surface area contributed by atoms with Crippen LogP contribution in [0.25, 0.3) is 6.08 Å². The monoisotopic (exact) mass is 318 g/mol. The number of methoxy groups -OCH3 is 2. The van der Waals surface area contributed by atoms with E-state index in [0.717, 1.165) is 12.0 Å². The number of carbonyl (C=O) groups excluding carboxylic acids is 1. The first kappa shape index (κ1) is 16.1. The fraction of sp³-hybridized carbons (Fsp3) is 0.235. The van der Waals surface area contributed by atoms with Gasteiger partial charge in [-0.15, -0.1) is 11.3 Å². The lowest BCUT2D eigenvalue weighted by Gasteiger charge is -2.09. The summed E-state index contributed by atoms with van der Waals surface area (Å²) in [5.74, 6) is 0.626. The number of carbonyl (C=O) groups is 1. The number of aryl methyl sites for hydroxylation is 1. The normalized spacial score (nSPS) is 10.8. The zero-order chi connectivity index (χ0) is 15.9. The van der Waals surface area contributed by atoms with Crippen molar-refractivity contribution in [3.63, 3.8) is 0 Å². The molecule has 0 fully saturated rings. The van der Waals surface area contributed by atoms with E-state index in [1.165, 1.54) is 19.1 Å². The SMILES string of the molecule is COc1cc(C=CC(=O)CCc2cccs2)cc(OC)c1O. The zero-order valence-corrected chi connectivity index (χ0v) is 13.4. The summed E-state index contributed by atoms with van der Waals surface area (Å²) in [7, 11) is 2.93. The predicted octanol–water partition coefficient (Wildman–Crippen LogP) is 3.69. The van der Waals surface area contributed by atoms with Gasteiger partial charge >= 0.3 is 0 Å². The van der Waals surface area contributed by atoms with E-state index < -0.39 is 0 Å². The van der Waals surface area contributed by atoms with E-state index in [0.29, 0.717) is 17.9 Å². The van der Waals surface area contributed by atoms with Crippen LogP contribution in [0, 0.1) is 0 Å². The zero-order valence-electron chi connectivity index (χ0n) is 12.5. The fourth-order valence-corrected chi connectivity index (χ4v) is 2.69. The summed E-state index contributed by atoms with van der Waals surface area (Å²) < 4.78 is 10.2. The first-order valence-electron chi connectivity index (χ1n) is 6.82. The second kappa shape index (κ2) is 7.66. The minimum Gasteiger partial charge on any atom is -0.502 e. The molecular weight excluding hydrogens is 300 g/mol. The van der Waals surface area contributed by atoms with E-state index in [1.54, 1.807) is 35.6 Å². The van der Waals surface area contributed by atoms with Crippen molar-refractivity contribution in [2.45, 2.75) is 12.8 Å². The second-order valence-electron chi connectivity index (χ2n) is 4.65. The predicted molar refractivity (Wildman–Crippen MR) is 87.9 cm³/mol. The van der Waals surface area contributed by atoms with Gasteiger partial charge in [0.15, 0.2) is 17.3 Å². The molecule has 116 valence electrons. The van der Waals surface area contributed by atoms with Crippen LogP contribution in [-0.4, -0.2) is 25.1 Å². The van der Waals surface area contributed by atoms with Gasteiger partial charge < -0.3 is 14.6 Å². The summed E-state index contributed by atoms with van der Waals surface area (Å²) in [6.45, 7) is 0. The van der Waals surface area contributed by atoms with E-state index in [1.807, 2.05) is 17.5 Å². The third-order valence-corrected chi connectivity index (χ3v) is 4.10. The number of hydrogen-bond acceptors (Lipinski definition) is 5. The Hall–Kier alpha value is -2.27. The number of phenols is 1. The highest BCUT2D eigenvalue weighted by Crippen LogP contribution is 2.37. The Kier molecular flexibility index (Phi) is 5.61. The molecule has 0 amide bonds. The summed E-state index contributed by atoms with van der Waals surface area (Å²) in [5.41, 5.74) is 0.732. The average Bonchev–Trinajstić information content (AvgIpc) is 3.05. The molecule has 0 unspecified atom stereocenters. The van der Waals surface area contributed by atoms with Gasteiger partial charge in [-0.05, 0) is 41.6 Å². The Balaban J connectivity index is 2.04. The molecule has 0 radical (unpaired) electrons. The van der Waals surface area contributed by atoms with Crippen LogP contribution in [-0.2, 0) is 11.2 Å². The standard InChI is InChI=1S/C17H18O4S/c1-20-15-10-12(11-16(21-2)17(15)19)5-6-13(18)7-8-14-4-3-9-22-14/h3-6,9-11,19H,7-8H2,1-2H3. The molecule has 5 heteroatoms. The van der Waals surface area contributed by atoms with Gasteiger partial charge in [0.1, 0.15) is 0 Å². The van der Waals surface area contributed by atoms with Crippen molar-refractivity contribution in [3.8, 4) is 17.2 Å². The molecule has 0 aliphatic carbocycles. The molecule has 1 N–H and O–H groups in total. The van der Waals surface area contributed by atoms with Gasteiger partial charge in [0.25, 0.3) is 0 Å². The molecule has 4 nitrogen and oxygen atoms in total. The van der Waals surface area contributed by atoms with Gasteiger partial charge in [-0.3, -0.25) is 4.79 Å². The number of thiophene rings is 1. The van der Waals surface area contributed by atoms with E-state index in [-0.39, 0.29) is 11.5 Å². The van der Waals surface area contributed by atoms with Crippen LogP contribution in [0.3, 0.4) is 0 Å². The van der Waals surface area contributed by atoms with E-state index in [2.05, 4.69) is 0 Å².